The lowest BCUT2D eigenvalue weighted by molar-refractivity contribution is -0.142. The number of carboxylic acids is 1. The molecule has 94 valence electrons. The number of nitrogens with one attached hydrogen (secondary N) is 1. The molecule has 16 heavy (non-hydrogen) atoms. The topological polar surface area (TPSA) is 118 Å². The minimum atomic E-state index is -1.06. The fourth-order valence-electron chi connectivity index (χ4n) is 1.11. The predicted molar refractivity (Wildman–Crippen MR) is 64.3 cm³/mol. The summed E-state index contributed by atoms with van der Waals surface area (Å²) < 4.78 is 0. The van der Waals surface area contributed by atoms with Crippen LogP contribution in [0.1, 0.15) is 19.3 Å². The Labute approximate surface area is 100 Å². The lowest BCUT2D eigenvalue weighted by atomic mass is 10.1. The lowest BCUT2D eigenvalue weighted by Crippen LogP contribution is -2.49. The molecule has 0 fully saturated rings. The number of hydrogen-bond acceptors (Lipinski definition) is 5. The van der Waals surface area contributed by atoms with Gasteiger partial charge in [0, 0.05) is 5.75 Å². The van der Waals surface area contributed by atoms with Gasteiger partial charge in [0.2, 0.25) is 5.91 Å². The molecule has 2 atom stereocenters. The summed E-state index contributed by atoms with van der Waals surface area (Å²) in [6.45, 7) is 0.510. The molecular formula is C9H19N3O3S. The standard InChI is InChI=1S/C9H19N3O3S/c10-4-2-1-3-7(9(14)15)12-8(13)6(11)5-16/h6-7,16H,1-5,10-11H2,(H,12,13)(H,14,15)/t6-,7-/m1/s1. The van der Waals surface area contributed by atoms with Crippen molar-refractivity contribution in [3.05, 3.63) is 0 Å². The zero-order chi connectivity index (χ0) is 12.6. The van der Waals surface area contributed by atoms with Gasteiger partial charge in [-0.05, 0) is 25.8 Å². The lowest BCUT2D eigenvalue weighted by Gasteiger charge is -2.16. The van der Waals surface area contributed by atoms with E-state index < -0.39 is 24.0 Å². The van der Waals surface area contributed by atoms with Gasteiger partial charge in [-0.25, -0.2) is 4.79 Å². The van der Waals surface area contributed by atoms with Crippen molar-refractivity contribution in [2.45, 2.75) is 31.3 Å². The maximum Gasteiger partial charge on any atom is 0.326 e. The van der Waals surface area contributed by atoms with Crippen LogP contribution in [-0.2, 0) is 9.59 Å². The van der Waals surface area contributed by atoms with Crippen LogP contribution in [0.3, 0.4) is 0 Å². The third-order valence-corrected chi connectivity index (χ3v) is 2.49. The molecule has 0 saturated carbocycles. The smallest absolute Gasteiger partial charge is 0.326 e. The zero-order valence-corrected chi connectivity index (χ0v) is 9.95. The second-order valence-corrected chi connectivity index (χ2v) is 3.84. The number of carbonyl (C=O) groups is 2. The maximum atomic E-state index is 11.3. The van der Waals surface area contributed by atoms with Crippen molar-refractivity contribution < 1.29 is 14.7 Å². The van der Waals surface area contributed by atoms with Gasteiger partial charge < -0.3 is 21.9 Å². The number of carbonyl (C=O) groups excluding carboxylic acids is 1. The summed E-state index contributed by atoms with van der Waals surface area (Å²) in [7, 11) is 0. The summed E-state index contributed by atoms with van der Waals surface area (Å²) in [5.41, 5.74) is 10.7. The first-order chi connectivity index (χ1) is 7.52. The summed E-state index contributed by atoms with van der Waals surface area (Å²) in [5, 5.41) is 11.2. The van der Waals surface area contributed by atoms with E-state index in [0.717, 1.165) is 6.42 Å². The van der Waals surface area contributed by atoms with E-state index in [1.165, 1.54) is 0 Å². The van der Waals surface area contributed by atoms with Crippen LogP contribution in [0.4, 0.5) is 0 Å². The molecule has 0 aromatic heterocycles. The average molecular weight is 249 g/mol. The number of carboxylic acid groups (broad SMARTS) is 1. The third-order valence-electron chi connectivity index (χ3n) is 2.09. The molecule has 0 bridgehead atoms. The van der Waals surface area contributed by atoms with E-state index in [2.05, 4.69) is 17.9 Å². The molecule has 0 aliphatic carbocycles. The van der Waals surface area contributed by atoms with E-state index in [-0.39, 0.29) is 5.75 Å². The maximum absolute atomic E-state index is 11.3. The highest BCUT2D eigenvalue weighted by atomic mass is 32.1. The van der Waals surface area contributed by atoms with Gasteiger partial charge in [0.1, 0.15) is 6.04 Å². The van der Waals surface area contributed by atoms with Crippen LogP contribution in [-0.4, -0.2) is 41.4 Å². The second-order valence-electron chi connectivity index (χ2n) is 3.47. The van der Waals surface area contributed by atoms with Crippen molar-refractivity contribution in [2.24, 2.45) is 11.5 Å². The fourth-order valence-corrected chi connectivity index (χ4v) is 1.28. The van der Waals surface area contributed by atoms with Crippen molar-refractivity contribution in [1.82, 2.24) is 5.32 Å². The van der Waals surface area contributed by atoms with Crippen LogP contribution in [0.2, 0.25) is 0 Å². The molecule has 0 spiro atoms. The highest BCUT2D eigenvalue weighted by Crippen LogP contribution is 2.01. The third kappa shape index (κ3) is 5.94. The molecule has 6 nitrogen and oxygen atoms in total. The van der Waals surface area contributed by atoms with E-state index in [4.69, 9.17) is 16.6 Å². The van der Waals surface area contributed by atoms with Crippen LogP contribution in [0.15, 0.2) is 0 Å². The number of rotatable bonds is 8. The monoisotopic (exact) mass is 249 g/mol. The number of hydrogen-bond donors (Lipinski definition) is 5. The largest absolute Gasteiger partial charge is 0.480 e. The summed E-state index contributed by atoms with van der Waals surface area (Å²) in [6.07, 6.45) is 1.75. The van der Waals surface area contributed by atoms with Gasteiger partial charge >= 0.3 is 5.97 Å². The Bertz CT molecular complexity index is 238. The van der Waals surface area contributed by atoms with Gasteiger partial charge in [-0.3, -0.25) is 4.79 Å². The van der Waals surface area contributed by atoms with Crippen molar-refractivity contribution in [3.63, 3.8) is 0 Å². The molecule has 1 amide bonds. The molecule has 0 aromatic carbocycles. The molecule has 0 aliphatic rings. The number of nitrogens with two attached hydrogens (primary N) is 2. The molecular weight excluding hydrogens is 230 g/mol. The Kier molecular flexibility index (Phi) is 7.96. The average Bonchev–Trinajstić information content (AvgIpc) is 2.26. The van der Waals surface area contributed by atoms with Gasteiger partial charge in [-0.15, -0.1) is 0 Å². The number of thiol groups is 1. The summed E-state index contributed by atoms with van der Waals surface area (Å²) in [5.74, 6) is -1.37. The van der Waals surface area contributed by atoms with Crippen LogP contribution >= 0.6 is 12.6 Å². The minimum Gasteiger partial charge on any atom is -0.480 e. The first kappa shape index (κ1) is 15.2. The molecule has 0 aliphatic heterocycles. The minimum absolute atomic E-state index is 0.182. The van der Waals surface area contributed by atoms with Crippen molar-refractivity contribution in [3.8, 4) is 0 Å². The molecule has 6 N–H and O–H groups in total. The van der Waals surface area contributed by atoms with E-state index >= 15 is 0 Å². The highest BCUT2D eigenvalue weighted by molar-refractivity contribution is 7.80. The van der Waals surface area contributed by atoms with Gasteiger partial charge in [0.15, 0.2) is 0 Å². The van der Waals surface area contributed by atoms with Gasteiger partial charge in [0.05, 0.1) is 6.04 Å². The normalized spacial score (nSPS) is 14.2. The second kappa shape index (κ2) is 8.37. The van der Waals surface area contributed by atoms with Crippen LogP contribution in [0.25, 0.3) is 0 Å². The first-order valence-electron chi connectivity index (χ1n) is 5.12. The van der Waals surface area contributed by atoms with Crippen LogP contribution < -0.4 is 16.8 Å². The molecule has 0 aromatic rings. The molecule has 0 heterocycles. The fraction of sp³-hybridized carbons (Fsp3) is 0.778. The molecule has 7 heteroatoms. The SMILES string of the molecule is NCCCC[C@@H](NC(=O)[C@H](N)CS)C(=O)O. The predicted octanol–water partition coefficient (Wildman–Crippen LogP) is -1.06. The van der Waals surface area contributed by atoms with Crippen molar-refractivity contribution >= 4 is 24.5 Å². The van der Waals surface area contributed by atoms with E-state index in [1.54, 1.807) is 0 Å². The summed E-state index contributed by atoms with van der Waals surface area (Å²) in [6, 6.07) is -1.68. The van der Waals surface area contributed by atoms with Gasteiger partial charge in [0.25, 0.3) is 0 Å². The summed E-state index contributed by atoms with van der Waals surface area (Å²) in [4.78, 5) is 22.2. The van der Waals surface area contributed by atoms with E-state index in [9.17, 15) is 9.59 Å². The molecule has 0 radical (unpaired) electrons. The Morgan fingerprint density at radius 2 is 2.00 bits per heavy atom. The Morgan fingerprint density at radius 1 is 1.38 bits per heavy atom. The number of aliphatic carboxylic acids is 1. The quantitative estimate of drug-likeness (QED) is 0.277. The Balaban J connectivity index is 4.12. The first-order valence-corrected chi connectivity index (χ1v) is 5.75. The van der Waals surface area contributed by atoms with Crippen molar-refractivity contribution in [1.29, 1.82) is 0 Å². The van der Waals surface area contributed by atoms with Crippen LogP contribution in [0.5, 0.6) is 0 Å². The Morgan fingerprint density at radius 3 is 2.44 bits per heavy atom. The Hall–Kier alpha value is -0.790. The molecule has 0 unspecified atom stereocenters. The van der Waals surface area contributed by atoms with Gasteiger partial charge in [-0.2, -0.15) is 12.6 Å². The van der Waals surface area contributed by atoms with E-state index in [0.29, 0.717) is 19.4 Å². The zero-order valence-electron chi connectivity index (χ0n) is 9.06. The highest BCUT2D eigenvalue weighted by Gasteiger charge is 2.21. The molecule has 0 saturated heterocycles. The van der Waals surface area contributed by atoms with Crippen molar-refractivity contribution in [2.75, 3.05) is 12.3 Å². The molecule has 0 rings (SSSR count). The summed E-state index contributed by atoms with van der Waals surface area (Å²) >= 11 is 3.86. The number of unbranched alkanes of at least 4 members (excludes halogenated alkanes) is 1. The van der Waals surface area contributed by atoms with Crippen LogP contribution in [0, 0.1) is 0 Å². The van der Waals surface area contributed by atoms with Gasteiger partial charge in [-0.1, -0.05) is 0 Å². The number of amides is 1. The van der Waals surface area contributed by atoms with E-state index in [1.807, 2.05) is 0 Å².